The van der Waals surface area contributed by atoms with Gasteiger partial charge in [-0.15, -0.1) is 0 Å². The molecule has 1 amide bonds. The van der Waals surface area contributed by atoms with E-state index in [2.05, 4.69) is 10.3 Å². The first kappa shape index (κ1) is 28.0. The Balaban J connectivity index is 1.66. The fourth-order valence-electron chi connectivity index (χ4n) is 4.99. The summed E-state index contributed by atoms with van der Waals surface area (Å²) in [6.45, 7) is 0. The third kappa shape index (κ3) is 4.89. The first-order chi connectivity index (χ1) is 20.5. The number of furan rings is 1. The van der Waals surface area contributed by atoms with Crippen molar-refractivity contribution in [3.63, 3.8) is 0 Å². The number of rotatable bonds is 6. The number of hydrogen-bond acceptors (Lipinski definition) is 5. The summed E-state index contributed by atoms with van der Waals surface area (Å²) in [5.41, 5.74) is 2.40. The van der Waals surface area contributed by atoms with Crippen LogP contribution in [0.3, 0.4) is 0 Å². The second kappa shape index (κ2) is 10.3. The molecule has 6 rings (SSSR count). The Labute approximate surface area is 244 Å². The van der Waals surface area contributed by atoms with Gasteiger partial charge in [0, 0.05) is 42.4 Å². The number of nitrogens with one attached hydrogen (secondary N) is 1. The van der Waals surface area contributed by atoms with Crippen LogP contribution in [0.25, 0.3) is 50.1 Å². The van der Waals surface area contributed by atoms with E-state index in [0.29, 0.717) is 22.2 Å². The van der Waals surface area contributed by atoms with E-state index in [-0.39, 0.29) is 39.2 Å². The van der Waals surface area contributed by atoms with Crippen molar-refractivity contribution in [2.45, 2.75) is 0 Å². The Morgan fingerprint density at radius 1 is 0.930 bits per heavy atom. The summed E-state index contributed by atoms with van der Waals surface area (Å²) in [4.78, 5) is 17.3. The minimum absolute atomic E-state index is 0.0557. The van der Waals surface area contributed by atoms with Crippen LogP contribution in [0.2, 0.25) is 0 Å². The fraction of sp³-hybridized carbons (Fsp3) is 0.0968. The van der Waals surface area contributed by atoms with Crippen molar-refractivity contribution in [3.05, 3.63) is 102 Å². The van der Waals surface area contributed by atoms with Crippen molar-refractivity contribution in [1.82, 2.24) is 14.9 Å². The molecule has 0 aliphatic heterocycles. The smallest absolute Gasteiger partial charge is 0.255 e. The lowest BCUT2D eigenvalue weighted by atomic mass is 9.98. The summed E-state index contributed by atoms with van der Waals surface area (Å²) < 4.78 is 76.9. The highest BCUT2D eigenvalue weighted by Crippen LogP contribution is 2.42. The first-order valence-corrected chi connectivity index (χ1v) is 14.8. The number of hydrogen-bond donors (Lipinski definition) is 1. The lowest BCUT2D eigenvalue weighted by molar-refractivity contribution is 0.0964. The van der Waals surface area contributed by atoms with E-state index >= 15 is 4.39 Å². The molecule has 0 spiro atoms. The quantitative estimate of drug-likeness (QED) is 0.242. The van der Waals surface area contributed by atoms with Gasteiger partial charge in [-0.05, 0) is 72.3 Å². The largest absolute Gasteiger partial charge is 0.455 e. The molecule has 0 aliphatic carbocycles. The van der Waals surface area contributed by atoms with E-state index in [1.54, 1.807) is 16.7 Å². The number of amides is 1. The number of carbonyl (C=O) groups excluding carboxylic acids is 1. The number of carbonyl (C=O) groups is 1. The van der Waals surface area contributed by atoms with Crippen LogP contribution in [0.1, 0.15) is 10.4 Å². The van der Waals surface area contributed by atoms with Crippen molar-refractivity contribution in [2.24, 2.45) is 0 Å². The van der Waals surface area contributed by atoms with Gasteiger partial charge in [0.05, 0.1) is 23.0 Å². The van der Waals surface area contributed by atoms with Crippen LogP contribution in [0, 0.1) is 17.5 Å². The molecule has 6 aromatic rings. The lowest BCUT2D eigenvalue weighted by Crippen LogP contribution is -2.25. The summed E-state index contributed by atoms with van der Waals surface area (Å²) in [7, 11) is -1.01. The van der Waals surface area contributed by atoms with Crippen LogP contribution in [0.5, 0.6) is 0 Å². The molecule has 0 atom stereocenters. The molecule has 43 heavy (non-hydrogen) atoms. The predicted molar refractivity (Wildman–Crippen MR) is 158 cm³/mol. The Bertz CT molecular complexity index is 2160. The number of halogens is 3. The maximum atomic E-state index is 15.5. The molecule has 12 heteroatoms. The van der Waals surface area contributed by atoms with Crippen molar-refractivity contribution >= 4 is 43.6 Å². The monoisotopic (exact) mass is 604 g/mol. The number of sulfonamides is 1. The number of aromatic nitrogens is 2. The fourth-order valence-corrected chi connectivity index (χ4v) is 5.50. The maximum Gasteiger partial charge on any atom is 0.255 e. The van der Waals surface area contributed by atoms with E-state index in [9.17, 15) is 22.0 Å². The topological polar surface area (TPSA) is 97.4 Å². The average molecular weight is 605 g/mol. The second-order valence-corrected chi connectivity index (χ2v) is 11.9. The molecule has 0 unspecified atom stereocenters. The van der Waals surface area contributed by atoms with Crippen LogP contribution >= 0.6 is 0 Å². The van der Waals surface area contributed by atoms with Gasteiger partial charge in [-0.25, -0.2) is 26.6 Å². The van der Waals surface area contributed by atoms with E-state index in [1.165, 1.54) is 81.1 Å². The van der Waals surface area contributed by atoms with Gasteiger partial charge in [-0.1, -0.05) is 0 Å². The van der Waals surface area contributed by atoms with Crippen LogP contribution in [-0.2, 0) is 10.0 Å². The summed E-state index contributed by atoms with van der Waals surface area (Å²) in [5.74, 6) is -1.93. The molecular formula is C31H23F3N4O4S. The molecule has 2 aromatic heterocycles. The molecule has 0 radical (unpaired) electrons. The SMILES string of the molecule is CNC(=O)c1c(-c2ccc(F)cc2)oc2cc(N(C)S(C)(=O)=O)c(-c3cc(F)c4ncn(-c5ccc(F)cc5)c4c3)cc12. The van der Waals surface area contributed by atoms with Crippen molar-refractivity contribution < 1.29 is 30.8 Å². The van der Waals surface area contributed by atoms with Gasteiger partial charge in [0.1, 0.15) is 34.8 Å². The highest BCUT2D eigenvalue weighted by Gasteiger charge is 2.26. The Hall–Kier alpha value is -5.10. The van der Waals surface area contributed by atoms with E-state index < -0.39 is 33.4 Å². The summed E-state index contributed by atoms with van der Waals surface area (Å²) in [5, 5.41) is 2.91. The second-order valence-electron chi connectivity index (χ2n) is 9.90. The van der Waals surface area contributed by atoms with Crippen LogP contribution in [0.15, 0.2) is 83.5 Å². The van der Waals surface area contributed by atoms with Crippen molar-refractivity contribution in [1.29, 1.82) is 0 Å². The maximum absolute atomic E-state index is 15.5. The standard InChI is InChI=1S/C31H23F3N4O4S/c1-35-31(39)28-23-14-22(18-12-24(34)29-26(13-18)38(16-36-29)21-10-8-20(33)9-11-21)25(37(2)43(3,40)41)15-27(23)42-30(28)17-4-6-19(32)7-5-17/h4-16H,1-3H3,(H,35,39). The third-order valence-corrected chi connectivity index (χ3v) is 8.42. The third-order valence-electron chi connectivity index (χ3n) is 7.22. The summed E-state index contributed by atoms with van der Waals surface area (Å²) in [6.07, 6.45) is 2.43. The molecule has 2 heterocycles. The molecule has 0 aliphatic rings. The number of benzene rings is 4. The van der Waals surface area contributed by atoms with Gasteiger partial charge < -0.3 is 9.73 Å². The molecule has 218 valence electrons. The van der Waals surface area contributed by atoms with Gasteiger partial charge in [0.25, 0.3) is 5.91 Å². The molecule has 8 nitrogen and oxygen atoms in total. The van der Waals surface area contributed by atoms with Gasteiger partial charge in [-0.2, -0.15) is 0 Å². The van der Waals surface area contributed by atoms with Crippen LogP contribution in [0.4, 0.5) is 18.9 Å². The van der Waals surface area contributed by atoms with Crippen molar-refractivity contribution in [2.75, 3.05) is 24.7 Å². The number of anilines is 1. The van der Waals surface area contributed by atoms with Crippen LogP contribution in [-0.4, -0.2) is 44.2 Å². The minimum Gasteiger partial charge on any atom is -0.455 e. The van der Waals surface area contributed by atoms with Gasteiger partial charge in [0.2, 0.25) is 10.0 Å². The number of nitrogens with zero attached hydrogens (tertiary/aromatic N) is 3. The normalized spacial score (nSPS) is 11.8. The highest BCUT2D eigenvalue weighted by molar-refractivity contribution is 7.92. The lowest BCUT2D eigenvalue weighted by Gasteiger charge is -2.21. The molecular weight excluding hydrogens is 581 g/mol. The molecule has 0 fully saturated rings. The Kier molecular flexibility index (Phi) is 6.73. The van der Waals surface area contributed by atoms with Gasteiger partial charge in [0.15, 0.2) is 5.82 Å². The summed E-state index contributed by atoms with van der Waals surface area (Å²) in [6, 6.07) is 16.9. The van der Waals surface area contributed by atoms with Crippen molar-refractivity contribution in [3.8, 4) is 28.1 Å². The summed E-state index contributed by atoms with van der Waals surface area (Å²) >= 11 is 0. The Morgan fingerprint density at radius 2 is 1.58 bits per heavy atom. The zero-order valence-corrected chi connectivity index (χ0v) is 23.8. The van der Waals surface area contributed by atoms with Gasteiger partial charge >= 0.3 is 0 Å². The molecule has 0 saturated heterocycles. The molecule has 0 bridgehead atoms. The highest BCUT2D eigenvalue weighted by atomic mass is 32.2. The first-order valence-electron chi connectivity index (χ1n) is 12.9. The zero-order chi connectivity index (χ0) is 30.6. The minimum atomic E-state index is -3.81. The predicted octanol–water partition coefficient (Wildman–Crippen LogP) is 6.28. The number of fused-ring (bicyclic) bond motifs is 2. The average Bonchev–Trinajstić information content (AvgIpc) is 3.58. The molecule has 4 aromatic carbocycles. The zero-order valence-electron chi connectivity index (χ0n) is 23.0. The Morgan fingerprint density at radius 3 is 2.21 bits per heavy atom. The number of imidazole rings is 1. The van der Waals surface area contributed by atoms with E-state index in [0.717, 1.165) is 10.6 Å². The van der Waals surface area contributed by atoms with Gasteiger partial charge in [-0.3, -0.25) is 13.7 Å². The molecule has 1 N–H and O–H groups in total. The van der Waals surface area contributed by atoms with E-state index in [1.807, 2.05) is 0 Å². The van der Waals surface area contributed by atoms with Crippen LogP contribution < -0.4 is 9.62 Å². The molecule has 0 saturated carbocycles. The van der Waals surface area contributed by atoms with E-state index in [4.69, 9.17) is 4.42 Å².